The van der Waals surface area contributed by atoms with Crippen molar-refractivity contribution in [1.29, 1.82) is 0 Å². The summed E-state index contributed by atoms with van der Waals surface area (Å²) < 4.78 is 7.18. The van der Waals surface area contributed by atoms with Crippen molar-refractivity contribution in [3.63, 3.8) is 0 Å². The Morgan fingerprint density at radius 3 is 2.81 bits per heavy atom. The van der Waals surface area contributed by atoms with Crippen LogP contribution in [-0.2, 0) is 9.53 Å². The molecule has 2 rings (SSSR count). The average Bonchev–Trinajstić information content (AvgIpc) is 2.77. The summed E-state index contributed by atoms with van der Waals surface area (Å²) in [5, 5.41) is 2.84. The second kappa shape index (κ2) is 5.29. The van der Waals surface area contributed by atoms with Crippen molar-refractivity contribution in [2.24, 2.45) is 0 Å². The molecule has 0 saturated carbocycles. The van der Waals surface area contributed by atoms with E-state index in [0.717, 1.165) is 27.5 Å². The van der Waals surface area contributed by atoms with Gasteiger partial charge in [0.2, 0.25) is 0 Å². The first-order valence-electron chi connectivity index (χ1n) is 5.04. The third kappa shape index (κ3) is 2.84. The Morgan fingerprint density at radius 2 is 2.19 bits per heavy atom. The van der Waals surface area contributed by atoms with E-state index in [9.17, 15) is 4.79 Å². The number of carbonyl (C=O) groups excluding carboxylic acids is 1. The minimum absolute atomic E-state index is 0.0632. The van der Waals surface area contributed by atoms with Crippen LogP contribution in [-0.4, -0.2) is 18.6 Å². The summed E-state index contributed by atoms with van der Waals surface area (Å²) in [7, 11) is 0. The molecule has 0 radical (unpaired) electrons. The van der Waals surface area contributed by atoms with Gasteiger partial charge in [0.05, 0.1) is 0 Å². The summed E-state index contributed by atoms with van der Waals surface area (Å²) in [6, 6.07) is 5.59. The monoisotopic (exact) mass is 347 g/mol. The van der Waals surface area contributed by atoms with Crippen molar-refractivity contribution in [3.8, 4) is 0 Å². The lowest BCUT2D eigenvalue weighted by Crippen LogP contribution is -2.26. The molecule has 0 aromatic heterocycles. The fourth-order valence-corrected chi connectivity index (χ4v) is 2.21. The smallest absolute Gasteiger partial charge is 0.253 e. The molecule has 86 valence electrons. The maximum absolute atomic E-state index is 11.7. The third-order valence-corrected chi connectivity index (χ3v) is 4.29. The van der Waals surface area contributed by atoms with E-state index in [1.807, 2.05) is 18.2 Å². The molecule has 0 aliphatic carbocycles. The van der Waals surface area contributed by atoms with Crippen LogP contribution < -0.4 is 5.32 Å². The molecule has 0 unspecified atom stereocenters. The van der Waals surface area contributed by atoms with Crippen LogP contribution in [0.15, 0.2) is 27.1 Å². The van der Waals surface area contributed by atoms with Crippen LogP contribution in [0, 0.1) is 0 Å². The summed E-state index contributed by atoms with van der Waals surface area (Å²) in [5.74, 6) is -0.0632. The van der Waals surface area contributed by atoms with E-state index in [1.54, 1.807) is 0 Å². The Morgan fingerprint density at radius 1 is 1.38 bits per heavy atom. The molecule has 1 saturated heterocycles. The molecule has 5 heteroatoms. The van der Waals surface area contributed by atoms with Crippen LogP contribution >= 0.6 is 31.9 Å². The minimum Gasteiger partial charge on any atom is -0.368 e. The quantitative estimate of drug-likeness (QED) is 0.890. The van der Waals surface area contributed by atoms with Gasteiger partial charge in [0.15, 0.2) is 0 Å². The zero-order valence-electron chi connectivity index (χ0n) is 8.50. The first kappa shape index (κ1) is 12.1. The number of benzene rings is 1. The number of ether oxygens (including phenoxy) is 1. The lowest BCUT2D eigenvalue weighted by molar-refractivity contribution is -0.124. The van der Waals surface area contributed by atoms with E-state index in [2.05, 4.69) is 37.2 Å². The second-order valence-corrected chi connectivity index (χ2v) is 5.33. The van der Waals surface area contributed by atoms with Gasteiger partial charge < -0.3 is 10.1 Å². The Kier molecular flexibility index (Phi) is 4.00. The lowest BCUT2D eigenvalue weighted by Gasteiger charge is -2.10. The molecule has 0 bridgehead atoms. The Labute approximate surface area is 111 Å². The summed E-state index contributed by atoms with van der Waals surface area (Å²) in [6.07, 6.45) is 1.48. The van der Waals surface area contributed by atoms with Gasteiger partial charge in [-0.2, -0.15) is 0 Å². The van der Waals surface area contributed by atoms with Crippen molar-refractivity contribution in [1.82, 2.24) is 0 Å². The first-order chi connectivity index (χ1) is 7.66. The predicted octanol–water partition coefficient (Wildman–Crippen LogP) is 3.33. The minimum atomic E-state index is -0.289. The summed E-state index contributed by atoms with van der Waals surface area (Å²) in [4.78, 5) is 11.7. The van der Waals surface area contributed by atoms with Crippen LogP contribution in [0.3, 0.4) is 0 Å². The number of rotatable bonds is 2. The molecule has 3 nitrogen and oxygen atoms in total. The van der Waals surface area contributed by atoms with Crippen LogP contribution in [0.25, 0.3) is 0 Å². The van der Waals surface area contributed by atoms with E-state index in [1.165, 1.54) is 0 Å². The van der Waals surface area contributed by atoms with Gasteiger partial charge in [-0.25, -0.2) is 0 Å². The van der Waals surface area contributed by atoms with E-state index in [0.29, 0.717) is 6.61 Å². The fraction of sp³-hybridized carbons (Fsp3) is 0.364. The van der Waals surface area contributed by atoms with Gasteiger partial charge in [-0.05, 0) is 62.9 Å². The largest absolute Gasteiger partial charge is 0.368 e. The van der Waals surface area contributed by atoms with Gasteiger partial charge in [-0.3, -0.25) is 4.79 Å². The molecule has 1 aliphatic rings. The zero-order chi connectivity index (χ0) is 11.5. The summed E-state index contributed by atoms with van der Waals surface area (Å²) in [6.45, 7) is 0.683. The molecule has 1 atom stereocenters. The van der Waals surface area contributed by atoms with Gasteiger partial charge in [-0.1, -0.05) is 0 Å². The molecule has 0 spiro atoms. The van der Waals surface area contributed by atoms with Crippen molar-refractivity contribution in [3.05, 3.63) is 27.1 Å². The van der Waals surface area contributed by atoms with Crippen LogP contribution in [0.4, 0.5) is 5.69 Å². The molecule has 1 amide bonds. The van der Waals surface area contributed by atoms with Gasteiger partial charge in [-0.15, -0.1) is 0 Å². The van der Waals surface area contributed by atoms with Crippen LogP contribution in [0.1, 0.15) is 12.8 Å². The SMILES string of the molecule is O=C(Nc1ccc(Br)c(Br)c1)[C@@H]1CCCO1. The first-order valence-corrected chi connectivity index (χ1v) is 6.63. The maximum atomic E-state index is 11.7. The highest BCUT2D eigenvalue weighted by Gasteiger charge is 2.23. The average molecular weight is 349 g/mol. The Balaban J connectivity index is 2.02. The van der Waals surface area contributed by atoms with Gasteiger partial charge >= 0.3 is 0 Å². The van der Waals surface area contributed by atoms with E-state index in [4.69, 9.17) is 4.74 Å². The maximum Gasteiger partial charge on any atom is 0.253 e. The van der Waals surface area contributed by atoms with Crippen molar-refractivity contribution >= 4 is 43.5 Å². The molecule has 1 N–H and O–H groups in total. The van der Waals surface area contributed by atoms with E-state index < -0.39 is 0 Å². The highest BCUT2D eigenvalue weighted by Crippen LogP contribution is 2.26. The molecule has 1 aromatic rings. The third-order valence-electron chi connectivity index (χ3n) is 2.41. The fourth-order valence-electron chi connectivity index (χ4n) is 1.58. The molecule has 1 aliphatic heterocycles. The van der Waals surface area contributed by atoms with E-state index >= 15 is 0 Å². The second-order valence-electron chi connectivity index (χ2n) is 3.62. The summed E-state index contributed by atoms with van der Waals surface area (Å²) in [5.41, 5.74) is 0.774. The number of nitrogens with one attached hydrogen (secondary N) is 1. The standard InChI is InChI=1S/C11H11Br2NO2/c12-8-4-3-7(6-9(8)13)14-11(15)10-2-1-5-16-10/h3-4,6,10H,1-2,5H2,(H,14,15)/t10-/m0/s1. The van der Waals surface area contributed by atoms with Crippen molar-refractivity contribution in [2.45, 2.75) is 18.9 Å². The van der Waals surface area contributed by atoms with Crippen molar-refractivity contribution in [2.75, 3.05) is 11.9 Å². The predicted molar refractivity (Wildman–Crippen MR) is 69.4 cm³/mol. The number of carbonyl (C=O) groups is 1. The van der Waals surface area contributed by atoms with Gasteiger partial charge in [0.1, 0.15) is 6.10 Å². The normalized spacial score (nSPS) is 19.8. The van der Waals surface area contributed by atoms with Crippen LogP contribution in [0.5, 0.6) is 0 Å². The zero-order valence-corrected chi connectivity index (χ0v) is 11.7. The highest BCUT2D eigenvalue weighted by molar-refractivity contribution is 9.13. The number of anilines is 1. The number of amides is 1. The number of halogens is 2. The molecular weight excluding hydrogens is 338 g/mol. The Hall–Kier alpha value is -0.390. The van der Waals surface area contributed by atoms with E-state index in [-0.39, 0.29) is 12.0 Å². The summed E-state index contributed by atoms with van der Waals surface area (Å²) >= 11 is 6.77. The van der Waals surface area contributed by atoms with Crippen molar-refractivity contribution < 1.29 is 9.53 Å². The number of hydrogen-bond donors (Lipinski definition) is 1. The number of hydrogen-bond acceptors (Lipinski definition) is 2. The Bertz CT molecular complexity index is 403. The lowest BCUT2D eigenvalue weighted by atomic mass is 10.2. The van der Waals surface area contributed by atoms with Gasteiger partial charge in [0, 0.05) is 21.2 Å². The molecule has 16 heavy (non-hydrogen) atoms. The molecular formula is C11H11Br2NO2. The topological polar surface area (TPSA) is 38.3 Å². The molecule has 1 heterocycles. The molecule has 1 fully saturated rings. The van der Waals surface area contributed by atoms with Crippen LogP contribution in [0.2, 0.25) is 0 Å². The molecule has 1 aromatic carbocycles. The van der Waals surface area contributed by atoms with Gasteiger partial charge in [0.25, 0.3) is 5.91 Å². The highest BCUT2D eigenvalue weighted by atomic mass is 79.9.